The van der Waals surface area contributed by atoms with E-state index >= 15 is 0 Å². The number of nitrogens with zero attached hydrogens (tertiary/aromatic N) is 1. The third-order valence-corrected chi connectivity index (χ3v) is 6.76. The molecule has 6 heteroatoms. The van der Waals surface area contributed by atoms with E-state index in [-0.39, 0.29) is 57.0 Å². The molecule has 0 fully saturated rings. The van der Waals surface area contributed by atoms with Gasteiger partial charge in [-0.3, -0.25) is 28.9 Å². The van der Waals surface area contributed by atoms with Gasteiger partial charge in [0, 0.05) is 28.8 Å². The van der Waals surface area contributed by atoms with E-state index in [0.717, 1.165) is 19.3 Å². The molecule has 6 nitrogen and oxygen atoms in total. The van der Waals surface area contributed by atoms with Crippen molar-refractivity contribution in [3.63, 3.8) is 0 Å². The van der Waals surface area contributed by atoms with Crippen LogP contribution in [0, 0.1) is 0 Å². The van der Waals surface area contributed by atoms with Crippen LogP contribution >= 0.6 is 0 Å². The van der Waals surface area contributed by atoms with Crippen molar-refractivity contribution in [1.29, 1.82) is 0 Å². The summed E-state index contributed by atoms with van der Waals surface area (Å²) < 4.78 is 0. The summed E-state index contributed by atoms with van der Waals surface area (Å²) in [5.74, 6) is -1.64. The van der Waals surface area contributed by atoms with Gasteiger partial charge in [0.25, 0.3) is 11.8 Å². The van der Waals surface area contributed by atoms with Crippen molar-refractivity contribution in [3.05, 3.63) is 69.8 Å². The number of hydrogen-bond donors (Lipinski definition) is 0. The van der Waals surface area contributed by atoms with E-state index in [1.54, 1.807) is 0 Å². The van der Waals surface area contributed by atoms with E-state index in [1.807, 2.05) is 0 Å². The van der Waals surface area contributed by atoms with Crippen LogP contribution in [0.2, 0.25) is 0 Å². The van der Waals surface area contributed by atoms with Crippen LogP contribution in [0.5, 0.6) is 0 Å². The fraction of sp³-hybridized carbons (Fsp3) is 0.433. The highest BCUT2D eigenvalue weighted by Crippen LogP contribution is 2.26. The molecule has 1 aliphatic rings. The van der Waals surface area contributed by atoms with Crippen molar-refractivity contribution in [2.45, 2.75) is 78.6 Å². The lowest BCUT2D eigenvalue weighted by molar-refractivity contribution is 0.0650. The lowest BCUT2D eigenvalue weighted by Crippen LogP contribution is -2.30. The predicted molar refractivity (Wildman–Crippen MR) is 139 cm³/mol. The van der Waals surface area contributed by atoms with Crippen LogP contribution in [0.1, 0.15) is 136 Å². The van der Waals surface area contributed by atoms with Crippen LogP contribution in [0.3, 0.4) is 0 Å². The summed E-state index contributed by atoms with van der Waals surface area (Å²) >= 11 is 0. The molecule has 2 aromatic carbocycles. The minimum atomic E-state index is -0.381. The van der Waals surface area contributed by atoms with E-state index in [0.29, 0.717) is 12.1 Å². The maximum atomic E-state index is 13.1. The molecule has 0 saturated heterocycles. The Labute approximate surface area is 213 Å². The zero-order valence-electron chi connectivity index (χ0n) is 21.5. The number of ketones is 3. The standard InChI is InChI=1S/C30H35NO5/c1-4-5-6-7-8-9-10-11-12-17-31-29(35)25-16-14-23(19-27(25)30(31)36)28(34)22-13-15-24(20(2)32)26(18-22)21(3)33/h13-16,18-19H,4-12,17H2,1-3H3. The molecule has 0 aromatic heterocycles. The van der Waals surface area contributed by atoms with Crippen LogP contribution in [0.15, 0.2) is 36.4 Å². The molecule has 1 aliphatic heterocycles. The third-order valence-electron chi connectivity index (χ3n) is 6.76. The van der Waals surface area contributed by atoms with E-state index in [9.17, 15) is 24.0 Å². The minimum Gasteiger partial charge on any atom is -0.294 e. The Morgan fingerprint density at radius 3 is 1.78 bits per heavy atom. The van der Waals surface area contributed by atoms with Crippen molar-refractivity contribution in [2.75, 3.05) is 6.54 Å². The van der Waals surface area contributed by atoms with E-state index < -0.39 is 0 Å². The molecule has 2 amide bonds. The first-order valence-electron chi connectivity index (χ1n) is 13.0. The predicted octanol–water partition coefficient (Wildman–Crippen LogP) is 6.45. The first-order chi connectivity index (χ1) is 17.3. The van der Waals surface area contributed by atoms with Gasteiger partial charge in [-0.05, 0) is 44.5 Å². The normalized spacial score (nSPS) is 12.7. The molecule has 1 heterocycles. The van der Waals surface area contributed by atoms with Crippen LogP contribution in [0.4, 0.5) is 0 Å². The molecule has 0 spiro atoms. The molecule has 0 bridgehead atoms. The van der Waals surface area contributed by atoms with Crippen molar-refractivity contribution in [3.8, 4) is 0 Å². The number of imide groups is 1. The molecule has 0 radical (unpaired) electrons. The maximum absolute atomic E-state index is 13.1. The van der Waals surface area contributed by atoms with Crippen molar-refractivity contribution in [1.82, 2.24) is 4.90 Å². The Morgan fingerprint density at radius 2 is 1.17 bits per heavy atom. The quantitative estimate of drug-likeness (QED) is 0.173. The Hall–Kier alpha value is -3.41. The largest absolute Gasteiger partial charge is 0.294 e. The maximum Gasteiger partial charge on any atom is 0.261 e. The molecule has 0 atom stereocenters. The summed E-state index contributed by atoms with van der Waals surface area (Å²) in [5.41, 5.74) is 1.49. The Balaban J connectivity index is 1.64. The average molecular weight is 490 g/mol. The highest BCUT2D eigenvalue weighted by atomic mass is 16.2. The molecule has 2 aromatic rings. The number of carbonyl (C=O) groups excluding carboxylic acids is 5. The van der Waals surface area contributed by atoms with Gasteiger partial charge in [0.15, 0.2) is 17.3 Å². The smallest absolute Gasteiger partial charge is 0.261 e. The number of fused-ring (bicyclic) bond motifs is 1. The zero-order chi connectivity index (χ0) is 26.2. The van der Waals surface area contributed by atoms with Gasteiger partial charge in [0.05, 0.1) is 11.1 Å². The Morgan fingerprint density at radius 1 is 0.639 bits per heavy atom. The summed E-state index contributed by atoms with van der Waals surface area (Å²) in [7, 11) is 0. The molecule has 3 rings (SSSR count). The van der Waals surface area contributed by atoms with Crippen molar-refractivity contribution in [2.24, 2.45) is 0 Å². The van der Waals surface area contributed by atoms with Gasteiger partial charge in [-0.1, -0.05) is 70.4 Å². The van der Waals surface area contributed by atoms with Crippen LogP contribution < -0.4 is 0 Å². The van der Waals surface area contributed by atoms with Gasteiger partial charge < -0.3 is 0 Å². The average Bonchev–Trinajstić information content (AvgIpc) is 3.10. The second-order valence-electron chi connectivity index (χ2n) is 9.55. The van der Waals surface area contributed by atoms with Gasteiger partial charge in [0.2, 0.25) is 0 Å². The number of unbranched alkanes of at least 4 members (excludes halogenated alkanes) is 8. The first-order valence-corrected chi connectivity index (χ1v) is 13.0. The molecule has 0 saturated carbocycles. The minimum absolute atomic E-state index is 0.188. The number of carbonyl (C=O) groups is 5. The second kappa shape index (κ2) is 12.5. The van der Waals surface area contributed by atoms with Gasteiger partial charge in [-0.2, -0.15) is 0 Å². The highest BCUT2D eigenvalue weighted by Gasteiger charge is 2.35. The highest BCUT2D eigenvalue weighted by molar-refractivity contribution is 6.22. The van der Waals surface area contributed by atoms with Crippen LogP contribution in [-0.2, 0) is 0 Å². The van der Waals surface area contributed by atoms with E-state index in [2.05, 4.69) is 6.92 Å². The molecule has 0 N–H and O–H groups in total. The zero-order valence-corrected chi connectivity index (χ0v) is 21.5. The molecule has 36 heavy (non-hydrogen) atoms. The fourth-order valence-electron chi connectivity index (χ4n) is 4.67. The summed E-state index contributed by atoms with van der Waals surface area (Å²) in [6, 6.07) is 8.90. The summed E-state index contributed by atoms with van der Waals surface area (Å²) in [5, 5.41) is 0. The molecule has 190 valence electrons. The Bertz CT molecular complexity index is 1180. The SMILES string of the molecule is CCCCCCCCCCCN1C(=O)c2ccc(C(=O)c3ccc(C(C)=O)c(C(C)=O)c3)cc2C1=O. The lowest BCUT2D eigenvalue weighted by atomic mass is 9.94. The van der Waals surface area contributed by atoms with Gasteiger partial charge in [-0.25, -0.2) is 0 Å². The van der Waals surface area contributed by atoms with Gasteiger partial charge in [0.1, 0.15) is 0 Å². The number of Topliss-reactive ketones (excluding diaryl/α,β-unsaturated/α-hetero) is 2. The van der Waals surface area contributed by atoms with E-state index in [1.165, 1.54) is 93.7 Å². The number of amides is 2. The summed E-state index contributed by atoms with van der Waals surface area (Å²) in [6.45, 7) is 5.29. The number of rotatable bonds is 14. The molecule has 0 aliphatic carbocycles. The fourth-order valence-corrected chi connectivity index (χ4v) is 4.67. The lowest BCUT2D eigenvalue weighted by Gasteiger charge is -2.13. The van der Waals surface area contributed by atoms with Crippen LogP contribution in [0.25, 0.3) is 0 Å². The molecular weight excluding hydrogens is 454 g/mol. The van der Waals surface area contributed by atoms with Crippen molar-refractivity contribution >= 4 is 29.2 Å². The topological polar surface area (TPSA) is 88.6 Å². The summed E-state index contributed by atoms with van der Waals surface area (Å²) in [4.78, 5) is 64.0. The van der Waals surface area contributed by atoms with Crippen LogP contribution in [-0.4, -0.2) is 40.6 Å². The summed E-state index contributed by atoms with van der Waals surface area (Å²) in [6.07, 6.45) is 10.3. The van der Waals surface area contributed by atoms with Gasteiger partial charge >= 0.3 is 0 Å². The molecular formula is C30H35NO5. The third kappa shape index (κ3) is 6.23. The number of benzene rings is 2. The first kappa shape index (κ1) is 27.2. The van der Waals surface area contributed by atoms with Crippen molar-refractivity contribution < 1.29 is 24.0 Å². The Kier molecular flexibility index (Phi) is 9.45. The second-order valence-corrected chi connectivity index (χ2v) is 9.55. The number of hydrogen-bond acceptors (Lipinski definition) is 5. The van der Waals surface area contributed by atoms with E-state index in [4.69, 9.17) is 0 Å². The van der Waals surface area contributed by atoms with Gasteiger partial charge in [-0.15, -0.1) is 0 Å². The monoisotopic (exact) mass is 489 g/mol. The molecule has 0 unspecified atom stereocenters.